The number of piperazine rings is 1. The Balaban J connectivity index is 1.29. The number of hydrogen-bond donors (Lipinski definition) is 1. The summed E-state index contributed by atoms with van der Waals surface area (Å²) in [7, 11) is 0. The second-order valence-electron chi connectivity index (χ2n) is 7.70. The maximum atomic E-state index is 13.0. The molecule has 8 nitrogen and oxygen atoms in total. The minimum absolute atomic E-state index is 0.0664. The zero-order valence-electron chi connectivity index (χ0n) is 17.0. The van der Waals surface area contributed by atoms with E-state index in [0.29, 0.717) is 51.3 Å². The number of aromatic nitrogens is 1. The quantitative estimate of drug-likeness (QED) is 0.760. The highest BCUT2D eigenvalue weighted by atomic mass is 19.1. The zero-order valence-corrected chi connectivity index (χ0v) is 17.0. The van der Waals surface area contributed by atoms with Gasteiger partial charge in [0.05, 0.1) is 12.2 Å². The Morgan fingerprint density at radius 1 is 1.00 bits per heavy atom. The van der Waals surface area contributed by atoms with Crippen molar-refractivity contribution in [1.29, 1.82) is 0 Å². The Bertz CT molecular complexity index is 945. The number of halogens is 1. The van der Waals surface area contributed by atoms with Crippen LogP contribution in [0.4, 0.5) is 14.9 Å². The molecule has 162 valence electrons. The third kappa shape index (κ3) is 4.82. The van der Waals surface area contributed by atoms with Gasteiger partial charge in [0.1, 0.15) is 5.82 Å². The van der Waals surface area contributed by atoms with Gasteiger partial charge in [-0.05, 0) is 49.2 Å². The van der Waals surface area contributed by atoms with Crippen LogP contribution < -0.4 is 5.32 Å². The summed E-state index contributed by atoms with van der Waals surface area (Å²) in [5.41, 5.74) is 1.27. The second kappa shape index (κ2) is 9.11. The van der Waals surface area contributed by atoms with Crippen LogP contribution in [-0.2, 0) is 16.1 Å². The van der Waals surface area contributed by atoms with Crippen LogP contribution in [0.2, 0.25) is 0 Å². The van der Waals surface area contributed by atoms with Gasteiger partial charge in [-0.3, -0.25) is 14.6 Å². The average molecular weight is 425 g/mol. The summed E-state index contributed by atoms with van der Waals surface area (Å²) in [6, 6.07) is 10.8. The molecule has 0 saturated carbocycles. The van der Waals surface area contributed by atoms with Crippen molar-refractivity contribution >= 4 is 23.5 Å². The molecule has 0 radical (unpaired) electrons. The van der Waals surface area contributed by atoms with Crippen LogP contribution in [0.1, 0.15) is 18.5 Å². The molecule has 0 unspecified atom stereocenters. The van der Waals surface area contributed by atoms with Gasteiger partial charge in [0.2, 0.25) is 0 Å². The second-order valence-corrected chi connectivity index (χ2v) is 7.70. The number of urea groups is 1. The normalized spacial score (nSPS) is 17.8. The molecule has 9 heteroatoms. The van der Waals surface area contributed by atoms with Crippen LogP contribution in [0.15, 0.2) is 48.7 Å². The van der Waals surface area contributed by atoms with E-state index >= 15 is 0 Å². The SMILES string of the molecule is O=C(Nc1ccc(F)cc1)N1CCC(N2CCN(Cc3ccccn3)C(=O)C2=O)CC1. The number of likely N-dealkylation sites (tertiary alicyclic amines) is 1. The first-order valence-electron chi connectivity index (χ1n) is 10.3. The molecule has 3 heterocycles. The fraction of sp³-hybridized carbons (Fsp3) is 0.364. The summed E-state index contributed by atoms with van der Waals surface area (Å²) in [5.74, 6) is -1.36. The third-order valence-corrected chi connectivity index (χ3v) is 5.71. The van der Waals surface area contributed by atoms with Gasteiger partial charge in [-0.2, -0.15) is 0 Å². The molecular formula is C22H24FN5O3. The van der Waals surface area contributed by atoms with Gasteiger partial charge in [0, 0.05) is 44.1 Å². The molecule has 2 aliphatic rings. The third-order valence-electron chi connectivity index (χ3n) is 5.71. The molecule has 31 heavy (non-hydrogen) atoms. The maximum Gasteiger partial charge on any atom is 0.321 e. The Kier molecular flexibility index (Phi) is 6.11. The first kappa shape index (κ1) is 20.8. The van der Waals surface area contributed by atoms with Crippen LogP contribution in [0.3, 0.4) is 0 Å². The van der Waals surface area contributed by atoms with E-state index in [-0.39, 0.29) is 17.9 Å². The number of nitrogens with zero attached hydrogens (tertiary/aromatic N) is 4. The molecule has 2 fully saturated rings. The van der Waals surface area contributed by atoms with Crippen molar-refractivity contribution < 1.29 is 18.8 Å². The molecule has 2 saturated heterocycles. The largest absolute Gasteiger partial charge is 0.330 e. The molecule has 1 N–H and O–H groups in total. The molecule has 2 aliphatic heterocycles. The fourth-order valence-corrected chi connectivity index (χ4v) is 3.99. The highest BCUT2D eigenvalue weighted by molar-refractivity contribution is 6.35. The molecule has 0 atom stereocenters. The summed E-state index contributed by atoms with van der Waals surface area (Å²) in [6.45, 7) is 2.22. The van der Waals surface area contributed by atoms with E-state index in [0.717, 1.165) is 5.69 Å². The lowest BCUT2D eigenvalue weighted by Gasteiger charge is -2.42. The van der Waals surface area contributed by atoms with Crippen LogP contribution in [0.5, 0.6) is 0 Å². The molecule has 0 bridgehead atoms. The lowest BCUT2D eigenvalue weighted by Crippen LogP contribution is -2.59. The number of benzene rings is 1. The van der Waals surface area contributed by atoms with Crippen molar-refractivity contribution in [3.63, 3.8) is 0 Å². The van der Waals surface area contributed by atoms with Gasteiger partial charge < -0.3 is 20.0 Å². The molecule has 4 rings (SSSR count). The monoisotopic (exact) mass is 425 g/mol. The lowest BCUT2D eigenvalue weighted by atomic mass is 10.0. The lowest BCUT2D eigenvalue weighted by molar-refractivity contribution is -0.158. The minimum atomic E-state index is -0.506. The molecular weight excluding hydrogens is 401 g/mol. The number of pyridine rings is 1. The van der Waals surface area contributed by atoms with Gasteiger partial charge in [0.15, 0.2) is 0 Å². The van der Waals surface area contributed by atoms with Crippen LogP contribution in [-0.4, -0.2) is 69.8 Å². The maximum absolute atomic E-state index is 13.0. The molecule has 1 aromatic heterocycles. The fourth-order valence-electron chi connectivity index (χ4n) is 3.99. The summed E-state index contributed by atoms with van der Waals surface area (Å²) in [5, 5.41) is 2.75. The van der Waals surface area contributed by atoms with E-state index in [4.69, 9.17) is 0 Å². The van der Waals surface area contributed by atoms with Gasteiger partial charge in [-0.25, -0.2) is 9.18 Å². The van der Waals surface area contributed by atoms with Crippen LogP contribution in [0.25, 0.3) is 0 Å². The van der Waals surface area contributed by atoms with Crippen molar-refractivity contribution in [1.82, 2.24) is 19.7 Å². The van der Waals surface area contributed by atoms with E-state index in [2.05, 4.69) is 10.3 Å². The molecule has 4 amide bonds. The standard InChI is InChI=1S/C22H24FN5O3/c23-16-4-6-17(7-5-16)25-22(31)26-11-8-19(9-12-26)28-14-13-27(20(29)21(28)30)15-18-3-1-2-10-24-18/h1-7,10,19H,8-9,11-15H2,(H,25,31). The van der Waals surface area contributed by atoms with Crippen molar-refractivity contribution in [3.8, 4) is 0 Å². The van der Waals surface area contributed by atoms with Crippen molar-refractivity contribution in [2.75, 3.05) is 31.5 Å². The number of rotatable bonds is 4. The van der Waals surface area contributed by atoms with Gasteiger partial charge >= 0.3 is 17.8 Å². The first-order valence-corrected chi connectivity index (χ1v) is 10.3. The molecule has 0 aliphatic carbocycles. The molecule has 2 aromatic rings. The zero-order chi connectivity index (χ0) is 21.8. The Morgan fingerprint density at radius 2 is 1.74 bits per heavy atom. The van der Waals surface area contributed by atoms with Crippen LogP contribution >= 0.6 is 0 Å². The number of amides is 4. The molecule has 0 spiro atoms. The summed E-state index contributed by atoms with van der Waals surface area (Å²) < 4.78 is 13.0. The van der Waals surface area contributed by atoms with Gasteiger partial charge in [-0.15, -0.1) is 0 Å². The number of hydrogen-bond acceptors (Lipinski definition) is 4. The molecule has 1 aromatic carbocycles. The van der Waals surface area contributed by atoms with E-state index in [1.54, 1.807) is 22.1 Å². The van der Waals surface area contributed by atoms with Crippen LogP contribution in [0, 0.1) is 5.82 Å². The van der Waals surface area contributed by atoms with Crippen molar-refractivity contribution in [2.45, 2.75) is 25.4 Å². The van der Waals surface area contributed by atoms with Crippen molar-refractivity contribution in [2.24, 2.45) is 0 Å². The number of carbonyl (C=O) groups is 3. The number of carbonyl (C=O) groups excluding carboxylic acids is 3. The topological polar surface area (TPSA) is 85.8 Å². The predicted molar refractivity (Wildman–Crippen MR) is 111 cm³/mol. The van der Waals surface area contributed by atoms with E-state index in [1.807, 2.05) is 12.1 Å². The Labute approximate surface area is 179 Å². The smallest absolute Gasteiger partial charge is 0.321 e. The summed E-state index contributed by atoms with van der Waals surface area (Å²) in [4.78, 5) is 46.8. The summed E-state index contributed by atoms with van der Waals surface area (Å²) in [6.07, 6.45) is 2.88. The highest BCUT2D eigenvalue weighted by Crippen LogP contribution is 2.21. The van der Waals surface area contributed by atoms with Gasteiger partial charge in [-0.1, -0.05) is 6.07 Å². The Morgan fingerprint density at radius 3 is 2.42 bits per heavy atom. The van der Waals surface area contributed by atoms with E-state index in [9.17, 15) is 18.8 Å². The first-order chi connectivity index (χ1) is 15.0. The van der Waals surface area contributed by atoms with E-state index < -0.39 is 11.8 Å². The van der Waals surface area contributed by atoms with E-state index in [1.165, 1.54) is 29.2 Å². The summed E-state index contributed by atoms with van der Waals surface area (Å²) >= 11 is 0. The van der Waals surface area contributed by atoms with Crippen molar-refractivity contribution in [3.05, 3.63) is 60.2 Å². The Hall–Kier alpha value is -3.49. The minimum Gasteiger partial charge on any atom is -0.330 e. The number of nitrogens with one attached hydrogen (secondary N) is 1. The predicted octanol–water partition coefficient (Wildman–Crippen LogP) is 2.09. The number of piperidine rings is 1. The average Bonchev–Trinajstić information content (AvgIpc) is 2.79. The highest BCUT2D eigenvalue weighted by Gasteiger charge is 2.38. The number of anilines is 1. The van der Waals surface area contributed by atoms with Gasteiger partial charge in [0.25, 0.3) is 0 Å².